The van der Waals surface area contributed by atoms with Gasteiger partial charge >= 0.3 is 0 Å². The predicted molar refractivity (Wildman–Crippen MR) is 89.2 cm³/mol. The van der Waals surface area contributed by atoms with Crippen molar-refractivity contribution in [3.05, 3.63) is 47.3 Å². The summed E-state index contributed by atoms with van der Waals surface area (Å²) in [5.74, 6) is 0. The van der Waals surface area contributed by atoms with Crippen LogP contribution in [0.5, 0.6) is 0 Å². The van der Waals surface area contributed by atoms with Crippen molar-refractivity contribution < 1.29 is 0 Å². The van der Waals surface area contributed by atoms with Gasteiger partial charge in [0.05, 0.1) is 29.6 Å². The smallest absolute Gasteiger partial charge is 0.0743 e. The van der Waals surface area contributed by atoms with E-state index in [4.69, 9.17) is 5.73 Å². The Balaban J connectivity index is 1.92. The SMILES string of the molecule is CC(Cn1cccn1)Nc1c(N)cnc2ccc(Br)cc12. The highest BCUT2D eigenvalue weighted by atomic mass is 79.9. The molecule has 0 aliphatic rings. The summed E-state index contributed by atoms with van der Waals surface area (Å²) in [6.07, 6.45) is 5.42. The van der Waals surface area contributed by atoms with Gasteiger partial charge in [0, 0.05) is 28.3 Å². The molecule has 2 heterocycles. The normalized spacial score (nSPS) is 12.5. The average molecular weight is 346 g/mol. The lowest BCUT2D eigenvalue weighted by molar-refractivity contribution is 0.561. The number of rotatable bonds is 4. The second-order valence-electron chi connectivity index (χ2n) is 5.02. The fourth-order valence-corrected chi connectivity index (χ4v) is 2.68. The van der Waals surface area contributed by atoms with Crippen molar-refractivity contribution in [2.45, 2.75) is 19.5 Å². The van der Waals surface area contributed by atoms with Crippen LogP contribution in [0.25, 0.3) is 10.9 Å². The Morgan fingerprint density at radius 2 is 2.29 bits per heavy atom. The predicted octanol–water partition coefficient (Wildman–Crippen LogP) is 3.28. The van der Waals surface area contributed by atoms with Crippen LogP contribution in [0.4, 0.5) is 11.4 Å². The lowest BCUT2D eigenvalue weighted by atomic mass is 10.1. The monoisotopic (exact) mass is 345 g/mol. The van der Waals surface area contributed by atoms with Crippen LogP contribution in [0.1, 0.15) is 6.92 Å². The lowest BCUT2D eigenvalue weighted by Gasteiger charge is -2.18. The molecule has 3 rings (SSSR count). The molecule has 2 aromatic heterocycles. The van der Waals surface area contributed by atoms with Crippen molar-refractivity contribution >= 4 is 38.2 Å². The van der Waals surface area contributed by atoms with E-state index in [1.807, 2.05) is 35.1 Å². The number of aromatic nitrogens is 3. The van der Waals surface area contributed by atoms with Crippen LogP contribution in [-0.2, 0) is 6.54 Å². The molecule has 0 aliphatic carbocycles. The van der Waals surface area contributed by atoms with Gasteiger partial charge in [-0.25, -0.2) is 0 Å². The zero-order valence-electron chi connectivity index (χ0n) is 11.6. The van der Waals surface area contributed by atoms with Crippen molar-refractivity contribution in [3.63, 3.8) is 0 Å². The standard InChI is InChI=1S/C15H16BrN5/c1-10(9-21-6-2-5-19-21)20-15-12-7-11(16)3-4-14(12)18-8-13(15)17/h2-8,10H,9,17H2,1H3,(H,18,20). The molecular weight excluding hydrogens is 330 g/mol. The molecular formula is C15H16BrN5. The minimum Gasteiger partial charge on any atom is -0.396 e. The average Bonchev–Trinajstić information content (AvgIpc) is 2.95. The lowest BCUT2D eigenvalue weighted by Crippen LogP contribution is -2.23. The first kappa shape index (κ1) is 13.9. The number of halogens is 1. The number of hydrogen-bond donors (Lipinski definition) is 2. The van der Waals surface area contributed by atoms with Gasteiger partial charge < -0.3 is 11.1 Å². The second-order valence-corrected chi connectivity index (χ2v) is 5.94. The first-order valence-electron chi connectivity index (χ1n) is 6.71. The van der Waals surface area contributed by atoms with E-state index in [-0.39, 0.29) is 6.04 Å². The van der Waals surface area contributed by atoms with Gasteiger partial charge in [0.2, 0.25) is 0 Å². The summed E-state index contributed by atoms with van der Waals surface area (Å²) in [7, 11) is 0. The van der Waals surface area contributed by atoms with Crippen LogP contribution in [-0.4, -0.2) is 20.8 Å². The van der Waals surface area contributed by atoms with Crippen LogP contribution < -0.4 is 11.1 Å². The number of benzene rings is 1. The van der Waals surface area contributed by atoms with Crippen molar-refractivity contribution in [1.82, 2.24) is 14.8 Å². The Hall–Kier alpha value is -2.08. The molecule has 108 valence electrons. The molecule has 0 aliphatic heterocycles. The summed E-state index contributed by atoms with van der Waals surface area (Å²) >= 11 is 3.50. The quantitative estimate of drug-likeness (QED) is 0.761. The number of fused-ring (bicyclic) bond motifs is 1. The number of nitrogen functional groups attached to an aromatic ring is 1. The third kappa shape index (κ3) is 3.00. The van der Waals surface area contributed by atoms with E-state index in [1.54, 1.807) is 12.4 Å². The van der Waals surface area contributed by atoms with Crippen LogP contribution in [0.3, 0.4) is 0 Å². The first-order valence-corrected chi connectivity index (χ1v) is 7.50. The maximum atomic E-state index is 6.10. The molecule has 0 bridgehead atoms. The number of nitrogens with one attached hydrogen (secondary N) is 1. The Bertz CT molecular complexity index is 749. The van der Waals surface area contributed by atoms with E-state index < -0.39 is 0 Å². The molecule has 21 heavy (non-hydrogen) atoms. The van der Waals surface area contributed by atoms with E-state index in [1.165, 1.54) is 0 Å². The number of nitrogens with zero attached hydrogens (tertiary/aromatic N) is 3. The van der Waals surface area contributed by atoms with Crippen molar-refractivity contribution in [1.29, 1.82) is 0 Å². The van der Waals surface area contributed by atoms with Gasteiger partial charge in [-0.1, -0.05) is 15.9 Å². The van der Waals surface area contributed by atoms with Gasteiger partial charge in [0.1, 0.15) is 0 Å². The summed E-state index contributed by atoms with van der Waals surface area (Å²) in [5, 5.41) is 8.71. The molecule has 0 saturated carbocycles. The Labute approximate surface area is 131 Å². The van der Waals surface area contributed by atoms with Gasteiger partial charge in [-0.05, 0) is 31.2 Å². The van der Waals surface area contributed by atoms with Crippen molar-refractivity contribution in [3.8, 4) is 0 Å². The molecule has 1 aromatic carbocycles. The van der Waals surface area contributed by atoms with Gasteiger partial charge in [-0.3, -0.25) is 9.67 Å². The molecule has 0 radical (unpaired) electrons. The maximum absolute atomic E-state index is 6.10. The molecule has 1 atom stereocenters. The molecule has 0 amide bonds. The largest absolute Gasteiger partial charge is 0.396 e. The molecule has 0 spiro atoms. The third-order valence-corrected chi connectivity index (χ3v) is 3.76. The zero-order chi connectivity index (χ0) is 14.8. The number of anilines is 2. The fraction of sp³-hybridized carbons (Fsp3) is 0.200. The van der Waals surface area contributed by atoms with E-state index in [0.717, 1.165) is 27.6 Å². The topological polar surface area (TPSA) is 68.8 Å². The van der Waals surface area contributed by atoms with E-state index in [0.29, 0.717) is 5.69 Å². The minimum absolute atomic E-state index is 0.191. The van der Waals surface area contributed by atoms with E-state index in [2.05, 4.69) is 38.3 Å². The molecule has 6 heteroatoms. The Morgan fingerprint density at radius 1 is 1.43 bits per heavy atom. The van der Waals surface area contributed by atoms with Gasteiger partial charge in [-0.15, -0.1) is 0 Å². The highest BCUT2D eigenvalue weighted by Crippen LogP contribution is 2.30. The maximum Gasteiger partial charge on any atom is 0.0743 e. The highest BCUT2D eigenvalue weighted by Gasteiger charge is 2.11. The summed E-state index contributed by atoms with van der Waals surface area (Å²) in [6.45, 7) is 2.87. The Kier molecular flexibility index (Phi) is 3.79. The zero-order valence-corrected chi connectivity index (χ0v) is 13.2. The number of pyridine rings is 1. The van der Waals surface area contributed by atoms with Gasteiger partial charge in [0.15, 0.2) is 0 Å². The van der Waals surface area contributed by atoms with Crippen LogP contribution in [0, 0.1) is 0 Å². The highest BCUT2D eigenvalue weighted by molar-refractivity contribution is 9.10. The molecule has 5 nitrogen and oxygen atoms in total. The molecule has 3 aromatic rings. The minimum atomic E-state index is 0.191. The van der Waals surface area contributed by atoms with Gasteiger partial charge in [0.25, 0.3) is 0 Å². The third-order valence-electron chi connectivity index (χ3n) is 3.27. The Morgan fingerprint density at radius 3 is 3.05 bits per heavy atom. The summed E-state index contributed by atoms with van der Waals surface area (Å²) in [6, 6.07) is 8.09. The molecule has 0 fully saturated rings. The van der Waals surface area contributed by atoms with Crippen LogP contribution in [0.15, 0.2) is 47.3 Å². The van der Waals surface area contributed by atoms with Crippen molar-refractivity contribution in [2.24, 2.45) is 0 Å². The fourth-order valence-electron chi connectivity index (χ4n) is 2.32. The number of nitrogens with two attached hydrogens (primary N) is 1. The second kappa shape index (κ2) is 5.73. The van der Waals surface area contributed by atoms with E-state index in [9.17, 15) is 0 Å². The summed E-state index contributed by atoms with van der Waals surface area (Å²) < 4.78 is 2.90. The summed E-state index contributed by atoms with van der Waals surface area (Å²) in [5.41, 5.74) is 8.58. The molecule has 3 N–H and O–H groups in total. The van der Waals surface area contributed by atoms with Crippen molar-refractivity contribution in [2.75, 3.05) is 11.1 Å². The summed E-state index contributed by atoms with van der Waals surface area (Å²) in [4.78, 5) is 4.36. The molecule has 0 saturated heterocycles. The van der Waals surface area contributed by atoms with Crippen LogP contribution >= 0.6 is 15.9 Å². The van der Waals surface area contributed by atoms with E-state index >= 15 is 0 Å². The van der Waals surface area contributed by atoms with Gasteiger partial charge in [-0.2, -0.15) is 5.10 Å². The first-order chi connectivity index (χ1) is 10.1. The molecule has 1 unspecified atom stereocenters. The number of hydrogen-bond acceptors (Lipinski definition) is 4. The van der Waals surface area contributed by atoms with Crippen LogP contribution in [0.2, 0.25) is 0 Å².